The lowest BCUT2D eigenvalue weighted by atomic mass is 10.1. The molecule has 1 atom stereocenters. The number of ether oxygens (including phenoxy) is 1. The van der Waals surface area contributed by atoms with Crippen LogP contribution in [0.4, 0.5) is 0 Å². The summed E-state index contributed by atoms with van der Waals surface area (Å²) in [6.07, 6.45) is 2.69. The third kappa shape index (κ3) is 2.91. The van der Waals surface area contributed by atoms with Gasteiger partial charge in [0.25, 0.3) is 5.91 Å². The van der Waals surface area contributed by atoms with Gasteiger partial charge in [0.05, 0.1) is 30.7 Å². The van der Waals surface area contributed by atoms with Crippen molar-refractivity contribution in [1.82, 2.24) is 20.0 Å². The van der Waals surface area contributed by atoms with Gasteiger partial charge in [-0.25, -0.2) is 0 Å². The molecule has 23 heavy (non-hydrogen) atoms. The van der Waals surface area contributed by atoms with E-state index in [9.17, 15) is 4.79 Å². The van der Waals surface area contributed by atoms with Gasteiger partial charge in [-0.05, 0) is 17.9 Å². The lowest BCUT2D eigenvalue weighted by Gasteiger charge is -2.32. The summed E-state index contributed by atoms with van der Waals surface area (Å²) in [5.41, 5.74) is 2.52. The van der Waals surface area contributed by atoms with Gasteiger partial charge in [0, 0.05) is 43.2 Å². The topological polar surface area (TPSA) is 61.5 Å². The Labute approximate surface area is 139 Å². The Morgan fingerprint density at radius 2 is 2.22 bits per heavy atom. The monoisotopic (exact) mass is 332 g/mol. The van der Waals surface area contributed by atoms with Crippen molar-refractivity contribution in [2.45, 2.75) is 12.5 Å². The second-order valence-corrected chi connectivity index (χ2v) is 6.79. The number of carbonyl (C=O) groups excluding carboxylic acids is 1. The molecule has 2 aromatic heterocycles. The standard InChI is InChI=1S/C16H20N4O2S/c21-16(14-9-17-18-15(14)12-2-8-23-11-12)20-3-1-13(10-20)19-4-6-22-7-5-19/h2,8-9,11,13H,1,3-7,10H2,(H,17,18). The Hall–Kier alpha value is -1.70. The molecule has 0 saturated carbocycles. The maximum atomic E-state index is 12.9. The van der Waals surface area contributed by atoms with E-state index >= 15 is 0 Å². The van der Waals surface area contributed by atoms with Gasteiger partial charge in [0.1, 0.15) is 0 Å². The molecule has 2 aliphatic rings. The highest BCUT2D eigenvalue weighted by Crippen LogP contribution is 2.26. The highest BCUT2D eigenvalue weighted by Gasteiger charge is 2.32. The van der Waals surface area contributed by atoms with Crippen molar-refractivity contribution in [3.63, 3.8) is 0 Å². The third-order valence-corrected chi connectivity index (χ3v) is 5.38. The molecule has 2 aromatic rings. The molecule has 1 unspecified atom stereocenters. The first-order chi connectivity index (χ1) is 11.3. The molecular weight excluding hydrogens is 312 g/mol. The van der Waals surface area contributed by atoms with Gasteiger partial charge in [0.2, 0.25) is 0 Å². The molecule has 0 spiro atoms. The van der Waals surface area contributed by atoms with Gasteiger partial charge < -0.3 is 9.64 Å². The third-order valence-electron chi connectivity index (χ3n) is 4.69. The van der Waals surface area contributed by atoms with Crippen LogP contribution in [0, 0.1) is 0 Å². The van der Waals surface area contributed by atoms with Crippen molar-refractivity contribution in [2.24, 2.45) is 0 Å². The second kappa shape index (κ2) is 6.43. The van der Waals surface area contributed by atoms with Crippen LogP contribution in [0.25, 0.3) is 11.3 Å². The number of amides is 1. The smallest absolute Gasteiger partial charge is 0.257 e. The van der Waals surface area contributed by atoms with Crippen LogP contribution in [0.15, 0.2) is 23.0 Å². The zero-order chi connectivity index (χ0) is 15.6. The van der Waals surface area contributed by atoms with E-state index in [0.717, 1.165) is 57.1 Å². The summed E-state index contributed by atoms with van der Waals surface area (Å²) in [6, 6.07) is 2.47. The van der Waals surface area contributed by atoms with Gasteiger partial charge in [-0.15, -0.1) is 0 Å². The predicted octanol–water partition coefficient (Wildman–Crippen LogP) is 1.68. The summed E-state index contributed by atoms with van der Waals surface area (Å²) < 4.78 is 5.42. The fraction of sp³-hybridized carbons (Fsp3) is 0.500. The molecule has 0 radical (unpaired) electrons. The van der Waals surface area contributed by atoms with Gasteiger partial charge in [-0.3, -0.25) is 14.8 Å². The van der Waals surface area contributed by atoms with Crippen molar-refractivity contribution >= 4 is 17.2 Å². The van der Waals surface area contributed by atoms with E-state index in [1.165, 1.54) is 0 Å². The molecule has 0 aliphatic carbocycles. The molecule has 0 bridgehead atoms. The number of carbonyl (C=O) groups is 1. The SMILES string of the molecule is O=C(c1cn[nH]c1-c1ccsc1)N1CCC(N2CCOCC2)C1. The minimum atomic E-state index is 0.0794. The van der Waals surface area contributed by atoms with Crippen LogP contribution in [-0.4, -0.2) is 71.3 Å². The Morgan fingerprint density at radius 3 is 3.00 bits per heavy atom. The quantitative estimate of drug-likeness (QED) is 0.929. The van der Waals surface area contributed by atoms with Crippen LogP contribution in [0.1, 0.15) is 16.8 Å². The average Bonchev–Trinajstić information content (AvgIpc) is 3.34. The molecule has 1 N–H and O–H groups in total. The van der Waals surface area contributed by atoms with E-state index in [1.54, 1.807) is 17.5 Å². The van der Waals surface area contributed by atoms with E-state index in [1.807, 2.05) is 21.7 Å². The molecule has 4 rings (SSSR count). The zero-order valence-corrected chi connectivity index (χ0v) is 13.7. The molecular formula is C16H20N4O2S. The van der Waals surface area contributed by atoms with Crippen molar-refractivity contribution < 1.29 is 9.53 Å². The van der Waals surface area contributed by atoms with Gasteiger partial charge in [-0.1, -0.05) is 0 Å². The Balaban J connectivity index is 1.47. The van der Waals surface area contributed by atoms with Crippen molar-refractivity contribution in [2.75, 3.05) is 39.4 Å². The molecule has 7 heteroatoms. The van der Waals surface area contributed by atoms with Gasteiger partial charge >= 0.3 is 0 Å². The Bertz CT molecular complexity index is 663. The Morgan fingerprint density at radius 1 is 1.35 bits per heavy atom. The first-order valence-electron chi connectivity index (χ1n) is 8.00. The van der Waals surface area contributed by atoms with Crippen molar-refractivity contribution in [1.29, 1.82) is 0 Å². The lowest BCUT2D eigenvalue weighted by molar-refractivity contribution is 0.0185. The van der Waals surface area contributed by atoms with Crippen LogP contribution in [0.3, 0.4) is 0 Å². The number of aromatic nitrogens is 2. The lowest BCUT2D eigenvalue weighted by Crippen LogP contribution is -2.45. The highest BCUT2D eigenvalue weighted by atomic mass is 32.1. The fourth-order valence-electron chi connectivity index (χ4n) is 3.41. The minimum Gasteiger partial charge on any atom is -0.379 e. The molecule has 2 saturated heterocycles. The van der Waals surface area contributed by atoms with E-state index < -0.39 is 0 Å². The first kappa shape index (κ1) is 14.9. The fourth-order valence-corrected chi connectivity index (χ4v) is 4.06. The van der Waals surface area contributed by atoms with E-state index in [-0.39, 0.29) is 5.91 Å². The molecule has 0 aromatic carbocycles. The molecule has 2 aliphatic heterocycles. The van der Waals surface area contributed by atoms with Gasteiger partial charge in [0.15, 0.2) is 0 Å². The molecule has 2 fully saturated rings. The zero-order valence-electron chi connectivity index (χ0n) is 12.9. The average molecular weight is 332 g/mol. The number of nitrogens with zero attached hydrogens (tertiary/aromatic N) is 3. The van der Waals surface area contributed by atoms with E-state index in [0.29, 0.717) is 11.6 Å². The molecule has 122 valence electrons. The summed E-state index contributed by atoms with van der Waals surface area (Å²) in [5, 5.41) is 11.1. The minimum absolute atomic E-state index is 0.0794. The summed E-state index contributed by atoms with van der Waals surface area (Å²) in [7, 11) is 0. The molecule has 4 heterocycles. The van der Waals surface area contributed by atoms with Crippen LogP contribution in [0.5, 0.6) is 0 Å². The van der Waals surface area contributed by atoms with Crippen LogP contribution < -0.4 is 0 Å². The number of morpholine rings is 1. The Kier molecular flexibility index (Phi) is 4.15. The normalized spacial score (nSPS) is 22.6. The highest BCUT2D eigenvalue weighted by molar-refractivity contribution is 7.08. The number of nitrogens with one attached hydrogen (secondary N) is 1. The summed E-state index contributed by atoms with van der Waals surface area (Å²) in [5.74, 6) is 0.0794. The van der Waals surface area contributed by atoms with Crippen molar-refractivity contribution in [3.05, 3.63) is 28.6 Å². The number of hydrogen-bond acceptors (Lipinski definition) is 5. The number of likely N-dealkylation sites (tertiary alicyclic amines) is 1. The summed E-state index contributed by atoms with van der Waals surface area (Å²) in [4.78, 5) is 17.3. The number of aromatic amines is 1. The van der Waals surface area contributed by atoms with Gasteiger partial charge in [-0.2, -0.15) is 16.4 Å². The van der Waals surface area contributed by atoms with E-state index in [2.05, 4.69) is 15.1 Å². The predicted molar refractivity (Wildman–Crippen MR) is 88.6 cm³/mol. The number of hydrogen-bond donors (Lipinski definition) is 1. The van der Waals surface area contributed by atoms with Crippen LogP contribution in [0.2, 0.25) is 0 Å². The van der Waals surface area contributed by atoms with Crippen LogP contribution >= 0.6 is 11.3 Å². The summed E-state index contributed by atoms with van der Waals surface area (Å²) >= 11 is 1.62. The molecule has 6 nitrogen and oxygen atoms in total. The second-order valence-electron chi connectivity index (χ2n) is 6.01. The van der Waals surface area contributed by atoms with Crippen molar-refractivity contribution in [3.8, 4) is 11.3 Å². The molecule has 1 amide bonds. The number of thiophene rings is 1. The maximum Gasteiger partial charge on any atom is 0.257 e. The van der Waals surface area contributed by atoms with Crippen LogP contribution in [-0.2, 0) is 4.74 Å². The maximum absolute atomic E-state index is 12.9. The first-order valence-corrected chi connectivity index (χ1v) is 8.94. The summed E-state index contributed by atoms with van der Waals surface area (Å²) in [6.45, 7) is 5.16. The number of H-pyrrole nitrogens is 1. The largest absolute Gasteiger partial charge is 0.379 e. The van der Waals surface area contributed by atoms with E-state index in [4.69, 9.17) is 4.74 Å². The number of rotatable bonds is 3.